The predicted molar refractivity (Wildman–Crippen MR) is 76.8 cm³/mol. The molecule has 0 bridgehead atoms. The van der Waals surface area contributed by atoms with Crippen molar-refractivity contribution < 1.29 is 0 Å². The number of pyridine rings is 1. The summed E-state index contributed by atoms with van der Waals surface area (Å²) in [5.74, 6) is 2.01. The van der Waals surface area contributed by atoms with E-state index in [0.29, 0.717) is 0 Å². The van der Waals surface area contributed by atoms with Gasteiger partial charge in [0.2, 0.25) is 0 Å². The molecule has 1 aromatic rings. The van der Waals surface area contributed by atoms with Crippen molar-refractivity contribution in [3.8, 4) is 0 Å². The molecule has 0 radical (unpaired) electrons. The second-order valence-corrected chi connectivity index (χ2v) is 5.53. The first-order chi connectivity index (χ1) is 8.70. The van der Waals surface area contributed by atoms with E-state index in [1.165, 1.54) is 18.4 Å². The molecule has 2 rings (SSSR count). The lowest BCUT2D eigenvalue weighted by molar-refractivity contribution is 0.435. The van der Waals surface area contributed by atoms with Gasteiger partial charge in [-0.1, -0.05) is 19.9 Å². The minimum Gasteiger partial charge on any atom is -0.356 e. The van der Waals surface area contributed by atoms with Crippen molar-refractivity contribution in [1.82, 2.24) is 4.98 Å². The zero-order chi connectivity index (χ0) is 13.0. The topological polar surface area (TPSA) is 42.1 Å². The Bertz CT molecular complexity index is 370. The molecule has 1 unspecified atom stereocenters. The summed E-state index contributed by atoms with van der Waals surface area (Å²) < 4.78 is 0. The summed E-state index contributed by atoms with van der Waals surface area (Å²) in [6.45, 7) is 6.74. The molecular formula is C15H25N3. The van der Waals surface area contributed by atoms with Gasteiger partial charge in [0.25, 0.3) is 0 Å². The number of hydrogen-bond donors (Lipinski definition) is 1. The van der Waals surface area contributed by atoms with E-state index in [0.717, 1.165) is 37.7 Å². The fraction of sp³-hybridized carbons (Fsp3) is 0.667. The molecule has 0 spiro atoms. The van der Waals surface area contributed by atoms with Crippen LogP contribution in [0.15, 0.2) is 18.3 Å². The molecule has 0 aromatic carbocycles. The number of nitrogens with two attached hydrogens (primary N) is 1. The van der Waals surface area contributed by atoms with Crippen LogP contribution in [0.2, 0.25) is 0 Å². The lowest BCUT2D eigenvalue weighted by atomic mass is 9.98. The van der Waals surface area contributed by atoms with Gasteiger partial charge in [-0.25, -0.2) is 4.98 Å². The van der Waals surface area contributed by atoms with Gasteiger partial charge >= 0.3 is 0 Å². The van der Waals surface area contributed by atoms with Crippen molar-refractivity contribution in [1.29, 1.82) is 0 Å². The molecule has 3 heteroatoms. The largest absolute Gasteiger partial charge is 0.356 e. The summed E-state index contributed by atoms with van der Waals surface area (Å²) >= 11 is 0. The van der Waals surface area contributed by atoms with Gasteiger partial charge in [-0.3, -0.25) is 0 Å². The molecule has 1 atom stereocenters. The van der Waals surface area contributed by atoms with E-state index >= 15 is 0 Å². The van der Waals surface area contributed by atoms with Gasteiger partial charge in [0, 0.05) is 25.3 Å². The first kappa shape index (κ1) is 13.3. The highest BCUT2D eigenvalue weighted by Crippen LogP contribution is 2.24. The van der Waals surface area contributed by atoms with Crippen LogP contribution < -0.4 is 10.6 Å². The van der Waals surface area contributed by atoms with Crippen LogP contribution in [0.4, 0.5) is 5.82 Å². The smallest absolute Gasteiger partial charge is 0.131 e. The van der Waals surface area contributed by atoms with Gasteiger partial charge < -0.3 is 10.6 Å². The lowest BCUT2D eigenvalue weighted by Gasteiger charge is -2.32. The fourth-order valence-electron chi connectivity index (χ4n) is 2.52. The monoisotopic (exact) mass is 247 g/mol. The highest BCUT2D eigenvalue weighted by Gasteiger charge is 2.19. The molecule has 100 valence electrons. The summed E-state index contributed by atoms with van der Waals surface area (Å²) in [5.41, 5.74) is 7.39. The van der Waals surface area contributed by atoms with Crippen LogP contribution >= 0.6 is 0 Å². The van der Waals surface area contributed by atoms with Gasteiger partial charge in [-0.15, -0.1) is 0 Å². The van der Waals surface area contributed by atoms with Crippen LogP contribution in [0, 0.1) is 5.92 Å². The summed E-state index contributed by atoms with van der Waals surface area (Å²) in [4.78, 5) is 7.01. The maximum atomic E-state index is 6.08. The van der Waals surface area contributed by atoms with Crippen LogP contribution in [0.3, 0.4) is 0 Å². The molecule has 0 aliphatic carbocycles. The van der Waals surface area contributed by atoms with Crippen molar-refractivity contribution in [3.05, 3.63) is 23.9 Å². The molecule has 0 saturated carbocycles. The second kappa shape index (κ2) is 6.19. The molecule has 1 aromatic heterocycles. The van der Waals surface area contributed by atoms with Crippen LogP contribution in [-0.2, 0) is 6.42 Å². The van der Waals surface area contributed by atoms with Crippen molar-refractivity contribution in [2.24, 2.45) is 11.7 Å². The molecule has 2 N–H and O–H groups in total. The van der Waals surface area contributed by atoms with E-state index in [1.807, 2.05) is 12.3 Å². The number of rotatable bonds is 4. The standard InChI is InChI=1S/C15H25N3/c1-3-14(16)11-13-5-4-8-17-15(13)18-9-6-12(2)7-10-18/h4-5,8,12,14H,3,6-7,9-11,16H2,1-2H3. The Kier molecular flexibility index (Phi) is 4.59. The van der Waals surface area contributed by atoms with Crippen molar-refractivity contribution in [3.63, 3.8) is 0 Å². The maximum Gasteiger partial charge on any atom is 0.131 e. The maximum absolute atomic E-state index is 6.08. The minimum absolute atomic E-state index is 0.247. The zero-order valence-electron chi connectivity index (χ0n) is 11.6. The SMILES string of the molecule is CCC(N)Cc1cccnc1N1CCC(C)CC1. The van der Waals surface area contributed by atoms with Crippen molar-refractivity contribution >= 4 is 5.82 Å². The van der Waals surface area contributed by atoms with Gasteiger partial charge in [-0.2, -0.15) is 0 Å². The molecule has 18 heavy (non-hydrogen) atoms. The Morgan fingerprint density at radius 3 is 2.83 bits per heavy atom. The molecule has 1 aliphatic heterocycles. The average molecular weight is 247 g/mol. The number of nitrogens with zero attached hydrogens (tertiary/aromatic N) is 2. The summed E-state index contributed by atoms with van der Waals surface area (Å²) in [7, 11) is 0. The number of anilines is 1. The van der Waals surface area contributed by atoms with Crippen LogP contribution in [0.25, 0.3) is 0 Å². The summed E-state index contributed by atoms with van der Waals surface area (Å²) in [5, 5.41) is 0. The normalized spacial score (nSPS) is 18.9. The Morgan fingerprint density at radius 2 is 2.17 bits per heavy atom. The number of hydrogen-bond acceptors (Lipinski definition) is 3. The molecule has 2 heterocycles. The molecular weight excluding hydrogens is 222 g/mol. The Morgan fingerprint density at radius 1 is 1.44 bits per heavy atom. The summed E-state index contributed by atoms with van der Waals surface area (Å²) in [6.07, 6.45) is 6.40. The Labute approximate surface area is 110 Å². The van der Waals surface area contributed by atoms with E-state index < -0.39 is 0 Å². The van der Waals surface area contributed by atoms with Crippen molar-refractivity contribution in [2.45, 2.75) is 45.6 Å². The molecule has 1 fully saturated rings. The van der Waals surface area contributed by atoms with E-state index in [2.05, 4.69) is 29.8 Å². The fourth-order valence-corrected chi connectivity index (χ4v) is 2.52. The minimum atomic E-state index is 0.247. The highest BCUT2D eigenvalue weighted by atomic mass is 15.2. The predicted octanol–water partition coefficient (Wildman–Crippen LogP) is 2.60. The van der Waals surface area contributed by atoms with E-state index in [4.69, 9.17) is 5.73 Å². The van der Waals surface area contributed by atoms with Gasteiger partial charge in [0.15, 0.2) is 0 Å². The van der Waals surface area contributed by atoms with E-state index in [9.17, 15) is 0 Å². The number of piperidine rings is 1. The van der Waals surface area contributed by atoms with E-state index in [-0.39, 0.29) is 6.04 Å². The van der Waals surface area contributed by atoms with Crippen LogP contribution in [0.1, 0.15) is 38.7 Å². The van der Waals surface area contributed by atoms with Gasteiger partial charge in [0.05, 0.1) is 0 Å². The quantitative estimate of drug-likeness (QED) is 0.889. The zero-order valence-corrected chi connectivity index (χ0v) is 11.6. The molecule has 3 nitrogen and oxygen atoms in total. The highest BCUT2D eigenvalue weighted by molar-refractivity contribution is 5.47. The first-order valence-corrected chi connectivity index (χ1v) is 7.15. The molecule has 1 aliphatic rings. The molecule has 1 saturated heterocycles. The third kappa shape index (κ3) is 3.22. The lowest BCUT2D eigenvalue weighted by Crippen LogP contribution is -2.34. The van der Waals surface area contributed by atoms with Crippen LogP contribution in [0.5, 0.6) is 0 Å². The Balaban J connectivity index is 2.11. The third-order valence-electron chi connectivity index (χ3n) is 3.96. The van der Waals surface area contributed by atoms with Gasteiger partial charge in [-0.05, 0) is 43.2 Å². The Hall–Kier alpha value is -1.09. The van der Waals surface area contributed by atoms with Crippen LogP contribution in [-0.4, -0.2) is 24.1 Å². The van der Waals surface area contributed by atoms with Crippen molar-refractivity contribution in [2.75, 3.05) is 18.0 Å². The average Bonchev–Trinajstić information content (AvgIpc) is 2.40. The second-order valence-electron chi connectivity index (χ2n) is 5.53. The van der Waals surface area contributed by atoms with Gasteiger partial charge in [0.1, 0.15) is 5.82 Å². The third-order valence-corrected chi connectivity index (χ3v) is 3.96. The molecule has 0 amide bonds. The number of aromatic nitrogens is 1. The van der Waals surface area contributed by atoms with E-state index in [1.54, 1.807) is 0 Å². The first-order valence-electron chi connectivity index (χ1n) is 7.15. The summed E-state index contributed by atoms with van der Waals surface area (Å²) in [6, 6.07) is 4.44.